The minimum Gasteiger partial charge on any atom is -0.370 e. The predicted molar refractivity (Wildman–Crippen MR) is 78.7 cm³/mol. The third kappa shape index (κ3) is 2.39. The topological polar surface area (TPSA) is 67.0 Å². The number of hydrogen-bond donors (Lipinski definition) is 0. The van der Waals surface area contributed by atoms with E-state index >= 15 is 0 Å². The summed E-state index contributed by atoms with van der Waals surface area (Å²) < 4.78 is 7.96. The maximum atomic E-state index is 8.86. The predicted octanol–water partition coefficient (Wildman–Crippen LogP) is 1.50. The summed E-state index contributed by atoms with van der Waals surface area (Å²) in [5, 5.41) is 17.1. The van der Waals surface area contributed by atoms with Crippen molar-refractivity contribution in [3.05, 3.63) is 47.3 Å². The molecule has 4 rings (SSSR count). The Labute approximate surface area is 128 Å². The molecule has 1 fully saturated rings. The summed E-state index contributed by atoms with van der Waals surface area (Å²) in [6, 6.07) is 10.2. The van der Waals surface area contributed by atoms with Crippen LogP contribution in [-0.2, 0) is 17.9 Å². The molecule has 2 aliphatic heterocycles. The van der Waals surface area contributed by atoms with Crippen LogP contribution in [0.3, 0.4) is 0 Å². The van der Waals surface area contributed by atoms with Crippen molar-refractivity contribution in [3.63, 3.8) is 0 Å². The summed E-state index contributed by atoms with van der Waals surface area (Å²) in [6.45, 7) is 3.44. The Morgan fingerprint density at radius 2 is 2.18 bits per heavy atom. The number of rotatable bonds is 2. The molecule has 0 N–H and O–H groups in total. The summed E-state index contributed by atoms with van der Waals surface area (Å²) in [7, 11) is 0. The van der Waals surface area contributed by atoms with Gasteiger partial charge in [-0.3, -0.25) is 4.90 Å². The molecule has 2 atom stereocenters. The first-order chi connectivity index (χ1) is 10.8. The number of fused-ring (bicyclic) bond motifs is 3. The van der Waals surface area contributed by atoms with E-state index in [1.54, 1.807) is 6.20 Å². The molecular formula is C16H17N5O. The van der Waals surface area contributed by atoms with E-state index in [2.05, 4.69) is 21.3 Å². The number of aromatic nitrogens is 3. The smallest absolute Gasteiger partial charge is 0.0991 e. The van der Waals surface area contributed by atoms with Crippen LogP contribution in [0.25, 0.3) is 0 Å². The highest BCUT2D eigenvalue weighted by molar-refractivity contribution is 5.31. The molecule has 2 aliphatic rings. The number of benzene rings is 1. The van der Waals surface area contributed by atoms with E-state index < -0.39 is 0 Å². The molecule has 2 aromatic rings. The maximum Gasteiger partial charge on any atom is 0.0991 e. The molecule has 6 heteroatoms. The van der Waals surface area contributed by atoms with Gasteiger partial charge in [-0.05, 0) is 24.1 Å². The molecule has 0 bridgehead atoms. The highest BCUT2D eigenvalue weighted by atomic mass is 16.5. The first-order valence-corrected chi connectivity index (χ1v) is 7.55. The molecule has 0 amide bonds. The third-order valence-electron chi connectivity index (χ3n) is 4.50. The van der Waals surface area contributed by atoms with Gasteiger partial charge < -0.3 is 4.74 Å². The first-order valence-electron chi connectivity index (χ1n) is 7.55. The van der Waals surface area contributed by atoms with Gasteiger partial charge in [0.2, 0.25) is 0 Å². The van der Waals surface area contributed by atoms with Gasteiger partial charge in [0.15, 0.2) is 0 Å². The van der Waals surface area contributed by atoms with Crippen LogP contribution in [0.15, 0.2) is 30.5 Å². The van der Waals surface area contributed by atoms with Crippen LogP contribution in [-0.4, -0.2) is 39.1 Å². The fourth-order valence-electron chi connectivity index (χ4n) is 3.33. The Bertz CT molecular complexity index is 702. The average molecular weight is 295 g/mol. The van der Waals surface area contributed by atoms with Crippen LogP contribution >= 0.6 is 0 Å². The fourth-order valence-corrected chi connectivity index (χ4v) is 3.33. The Kier molecular flexibility index (Phi) is 3.37. The van der Waals surface area contributed by atoms with Crippen molar-refractivity contribution in [1.29, 1.82) is 5.26 Å². The molecule has 0 unspecified atom stereocenters. The van der Waals surface area contributed by atoms with E-state index in [4.69, 9.17) is 10.00 Å². The van der Waals surface area contributed by atoms with E-state index in [-0.39, 0.29) is 12.1 Å². The zero-order valence-corrected chi connectivity index (χ0v) is 12.2. The number of hydrogen-bond acceptors (Lipinski definition) is 5. The zero-order valence-electron chi connectivity index (χ0n) is 12.2. The number of likely N-dealkylation sites (tertiary alicyclic amines) is 1. The Hall–Kier alpha value is -2.23. The van der Waals surface area contributed by atoms with E-state index in [1.807, 2.05) is 28.9 Å². The van der Waals surface area contributed by atoms with Gasteiger partial charge in [0.25, 0.3) is 0 Å². The largest absolute Gasteiger partial charge is 0.370 e. The second-order valence-corrected chi connectivity index (χ2v) is 5.92. The Balaban J connectivity index is 1.48. The van der Waals surface area contributed by atoms with Gasteiger partial charge in [0.1, 0.15) is 0 Å². The van der Waals surface area contributed by atoms with Crippen LogP contribution in [0, 0.1) is 11.3 Å². The van der Waals surface area contributed by atoms with Gasteiger partial charge in [-0.15, -0.1) is 5.10 Å². The number of ether oxygens (including phenoxy) is 1. The molecule has 112 valence electrons. The summed E-state index contributed by atoms with van der Waals surface area (Å²) in [5.74, 6) is 0. The first kappa shape index (κ1) is 13.4. The zero-order chi connectivity index (χ0) is 14.9. The fraction of sp³-hybridized carbons (Fsp3) is 0.438. The lowest BCUT2D eigenvalue weighted by Gasteiger charge is -2.41. The van der Waals surface area contributed by atoms with Gasteiger partial charge in [0, 0.05) is 19.6 Å². The lowest BCUT2D eigenvalue weighted by Crippen LogP contribution is -2.47. The maximum absolute atomic E-state index is 8.86. The van der Waals surface area contributed by atoms with Crippen molar-refractivity contribution in [3.8, 4) is 6.07 Å². The molecule has 1 aromatic heterocycles. The van der Waals surface area contributed by atoms with Gasteiger partial charge in [-0.25, -0.2) is 4.68 Å². The molecule has 3 heterocycles. The Morgan fingerprint density at radius 3 is 3.00 bits per heavy atom. The second-order valence-electron chi connectivity index (χ2n) is 5.92. The van der Waals surface area contributed by atoms with Gasteiger partial charge in [0.05, 0.1) is 42.3 Å². The minimum absolute atomic E-state index is 0.242. The molecule has 1 aromatic carbocycles. The van der Waals surface area contributed by atoms with Crippen molar-refractivity contribution in [2.75, 3.05) is 13.1 Å². The summed E-state index contributed by atoms with van der Waals surface area (Å²) in [4.78, 5) is 2.42. The number of nitrogens with zero attached hydrogens (tertiary/aromatic N) is 5. The van der Waals surface area contributed by atoms with E-state index in [0.717, 1.165) is 31.7 Å². The molecule has 22 heavy (non-hydrogen) atoms. The van der Waals surface area contributed by atoms with Gasteiger partial charge in [-0.2, -0.15) is 5.26 Å². The minimum atomic E-state index is 0.242. The summed E-state index contributed by atoms with van der Waals surface area (Å²) >= 11 is 0. The molecule has 1 saturated heterocycles. The monoisotopic (exact) mass is 295 g/mol. The SMILES string of the molecule is N#Cc1ccc(CN2CC[C@H]3OCc4cnnn4[C@H]3C2)cc1. The van der Waals surface area contributed by atoms with Crippen molar-refractivity contribution < 1.29 is 4.74 Å². The molecule has 0 radical (unpaired) electrons. The highest BCUT2D eigenvalue weighted by Gasteiger charge is 2.36. The van der Waals surface area contributed by atoms with Gasteiger partial charge >= 0.3 is 0 Å². The van der Waals surface area contributed by atoms with Crippen LogP contribution in [0.2, 0.25) is 0 Å². The summed E-state index contributed by atoms with van der Waals surface area (Å²) in [6.07, 6.45) is 3.04. The lowest BCUT2D eigenvalue weighted by molar-refractivity contribution is -0.0669. The highest BCUT2D eigenvalue weighted by Crippen LogP contribution is 2.30. The van der Waals surface area contributed by atoms with E-state index in [9.17, 15) is 0 Å². The molecule has 0 saturated carbocycles. The standard InChI is InChI=1S/C16H17N5O/c17-7-12-1-3-13(4-2-12)9-20-6-5-16-15(10-20)21-14(11-22-16)8-18-19-21/h1-4,8,15-16H,5-6,9-11H2/t15-,16+/m0/s1. The van der Waals surface area contributed by atoms with Crippen LogP contribution in [0.5, 0.6) is 0 Å². The molecule has 0 aliphatic carbocycles. The average Bonchev–Trinajstić information content (AvgIpc) is 3.05. The van der Waals surface area contributed by atoms with Gasteiger partial charge in [-0.1, -0.05) is 17.3 Å². The normalized spacial score (nSPS) is 24.3. The summed E-state index contributed by atoms with van der Waals surface area (Å²) in [5.41, 5.74) is 2.99. The Morgan fingerprint density at radius 1 is 1.32 bits per heavy atom. The number of piperidine rings is 1. The van der Waals surface area contributed by atoms with Crippen LogP contribution < -0.4 is 0 Å². The van der Waals surface area contributed by atoms with Crippen molar-refractivity contribution in [2.45, 2.75) is 31.7 Å². The van der Waals surface area contributed by atoms with Crippen molar-refractivity contribution >= 4 is 0 Å². The number of nitriles is 1. The quantitative estimate of drug-likeness (QED) is 0.840. The molecular weight excluding hydrogens is 278 g/mol. The molecule has 6 nitrogen and oxygen atoms in total. The molecule has 0 spiro atoms. The van der Waals surface area contributed by atoms with E-state index in [0.29, 0.717) is 12.2 Å². The third-order valence-corrected chi connectivity index (χ3v) is 4.50. The second kappa shape index (κ2) is 5.52. The van der Waals surface area contributed by atoms with Crippen LogP contribution in [0.1, 0.15) is 29.3 Å². The van der Waals surface area contributed by atoms with Crippen molar-refractivity contribution in [2.24, 2.45) is 0 Å². The van der Waals surface area contributed by atoms with E-state index in [1.165, 1.54) is 5.56 Å². The van der Waals surface area contributed by atoms with Crippen molar-refractivity contribution in [1.82, 2.24) is 19.9 Å². The lowest BCUT2D eigenvalue weighted by atomic mass is 9.99. The van der Waals surface area contributed by atoms with Crippen LogP contribution in [0.4, 0.5) is 0 Å².